The van der Waals surface area contributed by atoms with Crippen molar-refractivity contribution < 1.29 is 19.1 Å². The smallest absolute Gasteiger partial charge is 0.230 e. The lowest BCUT2D eigenvalue weighted by Gasteiger charge is -2.23. The molecule has 0 unspecified atom stereocenters. The van der Waals surface area contributed by atoms with Gasteiger partial charge in [0.25, 0.3) is 0 Å². The van der Waals surface area contributed by atoms with Crippen LogP contribution in [-0.2, 0) is 25.5 Å². The zero-order valence-corrected chi connectivity index (χ0v) is 17.1. The zero-order chi connectivity index (χ0) is 20.7. The number of nitrogens with zero attached hydrogens (tertiary/aromatic N) is 1. The summed E-state index contributed by atoms with van der Waals surface area (Å²) in [7, 11) is 1.64. The highest BCUT2D eigenvalue weighted by Gasteiger charge is 2.66. The van der Waals surface area contributed by atoms with Crippen LogP contribution in [-0.4, -0.2) is 66.8 Å². The van der Waals surface area contributed by atoms with E-state index in [-0.39, 0.29) is 17.9 Å². The summed E-state index contributed by atoms with van der Waals surface area (Å²) in [6, 6.07) is 8.18. The van der Waals surface area contributed by atoms with Crippen molar-refractivity contribution in [1.29, 1.82) is 0 Å². The number of ether oxygens (including phenoxy) is 2. The standard InChI is InChI=1S/C23H27N3O4/c1-29-12-4-10-24-21(27)19-18-7-9-23(30-18)14-26(22(28)20(19)23)11-8-15-13-25-17-6-3-2-5-16(15)17/h2-3,5-7,9,13,18-20,25H,4,8,10-12,14H2,1H3,(H,24,27)/t18-,19-,20+,23+/m1/s1. The lowest BCUT2D eigenvalue weighted by Crippen LogP contribution is -2.44. The number of hydrogen-bond donors (Lipinski definition) is 2. The van der Waals surface area contributed by atoms with E-state index in [2.05, 4.69) is 22.4 Å². The second-order valence-electron chi connectivity index (χ2n) is 8.41. The number of benzene rings is 1. The minimum Gasteiger partial charge on any atom is -0.385 e. The van der Waals surface area contributed by atoms with Gasteiger partial charge in [0.2, 0.25) is 11.8 Å². The highest BCUT2D eigenvalue weighted by molar-refractivity contribution is 5.93. The molecule has 158 valence electrons. The Morgan fingerprint density at radius 2 is 2.27 bits per heavy atom. The molecular formula is C23H27N3O4. The predicted molar refractivity (Wildman–Crippen MR) is 112 cm³/mol. The molecule has 7 heteroatoms. The number of para-hydroxylation sites is 1. The van der Waals surface area contributed by atoms with Crippen LogP contribution in [0.5, 0.6) is 0 Å². The maximum absolute atomic E-state index is 13.3. The quantitative estimate of drug-likeness (QED) is 0.513. The lowest BCUT2D eigenvalue weighted by atomic mass is 9.77. The van der Waals surface area contributed by atoms with Gasteiger partial charge >= 0.3 is 0 Å². The fourth-order valence-electron chi connectivity index (χ4n) is 5.21. The number of H-pyrrole nitrogens is 1. The second-order valence-corrected chi connectivity index (χ2v) is 8.41. The minimum absolute atomic E-state index is 0.0266. The Balaban J connectivity index is 1.27. The molecule has 2 saturated heterocycles. The lowest BCUT2D eigenvalue weighted by molar-refractivity contribution is -0.137. The van der Waals surface area contributed by atoms with Gasteiger partial charge in [-0.05, 0) is 24.5 Å². The van der Waals surface area contributed by atoms with E-state index in [1.54, 1.807) is 7.11 Å². The Morgan fingerprint density at radius 3 is 3.13 bits per heavy atom. The molecule has 2 bridgehead atoms. The van der Waals surface area contributed by atoms with E-state index in [4.69, 9.17) is 9.47 Å². The van der Waals surface area contributed by atoms with Gasteiger partial charge in [-0.3, -0.25) is 9.59 Å². The molecule has 3 aliphatic rings. The first-order valence-electron chi connectivity index (χ1n) is 10.6. The van der Waals surface area contributed by atoms with Crippen molar-refractivity contribution in [3.63, 3.8) is 0 Å². The summed E-state index contributed by atoms with van der Waals surface area (Å²) < 4.78 is 11.2. The normalized spacial score (nSPS) is 29.2. The molecule has 0 saturated carbocycles. The summed E-state index contributed by atoms with van der Waals surface area (Å²) in [6.07, 6.45) is 7.17. The van der Waals surface area contributed by atoms with Crippen LogP contribution >= 0.6 is 0 Å². The SMILES string of the molecule is COCCCNC(=O)[C@H]1[C@H]2C(=O)N(CCc3c[nH]c4ccccc34)C[C@@]23C=C[C@H]1O3. The summed E-state index contributed by atoms with van der Waals surface area (Å²) >= 11 is 0. The van der Waals surface area contributed by atoms with Gasteiger partial charge in [0, 0.05) is 43.9 Å². The maximum Gasteiger partial charge on any atom is 0.230 e. The first-order chi connectivity index (χ1) is 14.6. The van der Waals surface area contributed by atoms with Crippen molar-refractivity contribution in [1.82, 2.24) is 15.2 Å². The van der Waals surface area contributed by atoms with E-state index < -0.39 is 17.4 Å². The third kappa shape index (κ3) is 3.04. The Morgan fingerprint density at radius 1 is 1.40 bits per heavy atom. The molecule has 3 aliphatic heterocycles. The van der Waals surface area contributed by atoms with Gasteiger partial charge in [-0.25, -0.2) is 0 Å². The topological polar surface area (TPSA) is 83.7 Å². The van der Waals surface area contributed by atoms with Crippen LogP contribution in [0.15, 0.2) is 42.6 Å². The molecule has 0 aliphatic carbocycles. The number of amides is 2. The van der Waals surface area contributed by atoms with Crippen LogP contribution in [0.1, 0.15) is 12.0 Å². The number of fused-ring (bicyclic) bond motifs is 2. The average molecular weight is 409 g/mol. The Bertz CT molecular complexity index is 999. The van der Waals surface area contributed by atoms with E-state index in [0.29, 0.717) is 26.2 Å². The number of aromatic amines is 1. The first kappa shape index (κ1) is 19.3. The zero-order valence-electron chi connectivity index (χ0n) is 17.1. The average Bonchev–Trinajstić information content (AvgIpc) is 3.49. The van der Waals surface area contributed by atoms with Crippen molar-refractivity contribution in [2.24, 2.45) is 11.8 Å². The summed E-state index contributed by atoms with van der Waals surface area (Å²) in [6.45, 7) is 2.26. The van der Waals surface area contributed by atoms with E-state index in [0.717, 1.165) is 18.4 Å². The maximum atomic E-state index is 13.3. The van der Waals surface area contributed by atoms with Crippen LogP contribution in [0.4, 0.5) is 0 Å². The number of rotatable bonds is 8. The monoisotopic (exact) mass is 409 g/mol. The fourth-order valence-corrected chi connectivity index (χ4v) is 5.21. The molecular weight excluding hydrogens is 382 g/mol. The van der Waals surface area contributed by atoms with Crippen molar-refractivity contribution >= 4 is 22.7 Å². The number of likely N-dealkylation sites (tertiary alicyclic amines) is 1. The molecule has 1 aromatic heterocycles. The Kier molecular flexibility index (Phi) is 4.87. The Hall–Kier alpha value is -2.64. The Labute approximate surface area is 175 Å². The van der Waals surface area contributed by atoms with Crippen molar-refractivity contribution in [2.45, 2.75) is 24.5 Å². The van der Waals surface area contributed by atoms with Gasteiger partial charge in [-0.1, -0.05) is 30.4 Å². The molecule has 30 heavy (non-hydrogen) atoms. The molecule has 0 radical (unpaired) electrons. The molecule has 2 fully saturated rings. The molecule has 4 atom stereocenters. The molecule has 2 aromatic rings. The van der Waals surface area contributed by atoms with Crippen LogP contribution in [0.25, 0.3) is 10.9 Å². The second kappa shape index (κ2) is 7.56. The van der Waals surface area contributed by atoms with Crippen LogP contribution < -0.4 is 5.32 Å². The van der Waals surface area contributed by atoms with Crippen molar-refractivity contribution in [2.75, 3.05) is 33.4 Å². The van der Waals surface area contributed by atoms with Gasteiger partial charge < -0.3 is 24.7 Å². The minimum atomic E-state index is -0.656. The molecule has 1 aromatic carbocycles. The van der Waals surface area contributed by atoms with Gasteiger partial charge in [-0.2, -0.15) is 0 Å². The van der Waals surface area contributed by atoms with Crippen molar-refractivity contribution in [3.05, 3.63) is 48.2 Å². The van der Waals surface area contributed by atoms with Crippen LogP contribution in [0.3, 0.4) is 0 Å². The highest BCUT2D eigenvalue weighted by atomic mass is 16.5. The number of nitrogens with one attached hydrogen (secondary N) is 2. The number of hydrogen-bond acceptors (Lipinski definition) is 4. The molecule has 2 amide bonds. The summed E-state index contributed by atoms with van der Waals surface area (Å²) in [5.41, 5.74) is 1.64. The number of methoxy groups -OCH3 is 1. The largest absolute Gasteiger partial charge is 0.385 e. The van der Waals surface area contributed by atoms with Gasteiger partial charge in [0.1, 0.15) is 5.60 Å². The van der Waals surface area contributed by atoms with Crippen LogP contribution in [0.2, 0.25) is 0 Å². The first-order valence-corrected chi connectivity index (χ1v) is 10.6. The summed E-state index contributed by atoms with van der Waals surface area (Å²) in [5.74, 6) is -0.959. The molecule has 5 rings (SSSR count). The van der Waals surface area contributed by atoms with E-state index >= 15 is 0 Å². The molecule has 2 N–H and O–H groups in total. The van der Waals surface area contributed by atoms with Gasteiger partial charge in [0.05, 0.1) is 24.5 Å². The number of carbonyl (C=O) groups excluding carboxylic acids is 2. The van der Waals surface area contributed by atoms with Crippen molar-refractivity contribution in [3.8, 4) is 0 Å². The predicted octanol–water partition coefficient (Wildman–Crippen LogP) is 1.65. The third-order valence-electron chi connectivity index (χ3n) is 6.63. The van der Waals surface area contributed by atoms with E-state index in [9.17, 15) is 9.59 Å². The molecule has 7 nitrogen and oxygen atoms in total. The molecule has 4 heterocycles. The van der Waals surface area contributed by atoms with Gasteiger partial charge in [-0.15, -0.1) is 0 Å². The third-order valence-corrected chi connectivity index (χ3v) is 6.63. The fraction of sp³-hybridized carbons (Fsp3) is 0.478. The van der Waals surface area contributed by atoms with Gasteiger partial charge in [0.15, 0.2) is 0 Å². The van der Waals surface area contributed by atoms with Crippen LogP contribution in [0, 0.1) is 11.8 Å². The highest BCUT2D eigenvalue weighted by Crippen LogP contribution is 2.51. The summed E-state index contributed by atoms with van der Waals surface area (Å²) in [4.78, 5) is 31.3. The molecule has 1 spiro atoms. The van der Waals surface area contributed by atoms with E-state index in [1.165, 1.54) is 10.9 Å². The number of carbonyl (C=O) groups is 2. The van der Waals surface area contributed by atoms with E-state index in [1.807, 2.05) is 35.4 Å². The number of aromatic nitrogens is 1. The summed E-state index contributed by atoms with van der Waals surface area (Å²) in [5, 5.41) is 4.14.